The van der Waals surface area contributed by atoms with Gasteiger partial charge in [0.25, 0.3) is 11.6 Å². The molecule has 0 saturated carbocycles. The second-order valence-electron chi connectivity index (χ2n) is 6.99. The van der Waals surface area contributed by atoms with Gasteiger partial charge in [-0.15, -0.1) is 0 Å². The summed E-state index contributed by atoms with van der Waals surface area (Å²) in [6, 6.07) is 18.2. The molecule has 1 aliphatic rings. The minimum Gasteiger partial charge on any atom is -0.366 e. The van der Waals surface area contributed by atoms with E-state index in [1.165, 1.54) is 6.07 Å². The number of fused-ring (bicyclic) bond motifs is 1. The SMILES string of the molecule is O=C(Nc1cccc2ccccc12)c1ccc(N2CCCCC2)c([N+](=O)[O-])c1. The van der Waals surface area contributed by atoms with Crippen molar-refractivity contribution in [1.82, 2.24) is 0 Å². The number of nitrogens with zero attached hydrogens (tertiary/aromatic N) is 2. The fourth-order valence-electron chi connectivity index (χ4n) is 3.74. The molecule has 0 aromatic heterocycles. The molecule has 1 aliphatic heterocycles. The first-order valence-corrected chi connectivity index (χ1v) is 9.46. The van der Waals surface area contributed by atoms with Gasteiger partial charge in [0.05, 0.1) is 4.92 Å². The van der Waals surface area contributed by atoms with Gasteiger partial charge < -0.3 is 10.2 Å². The van der Waals surface area contributed by atoms with Crippen molar-refractivity contribution in [1.29, 1.82) is 0 Å². The monoisotopic (exact) mass is 375 g/mol. The van der Waals surface area contributed by atoms with Gasteiger partial charge in [0.2, 0.25) is 0 Å². The number of carbonyl (C=O) groups excluding carboxylic acids is 1. The lowest BCUT2D eigenvalue weighted by molar-refractivity contribution is -0.384. The molecule has 28 heavy (non-hydrogen) atoms. The Morgan fingerprint density at radius 1 is 0.964 bits per heavy atom. The van der Waals surface area contributed by atoms with E-state index in [-0.39, 0.29) is 17.2 Å². The maximum atomic E-state index is 12.8. The molecule has 1 saturated heterocycles. The number of nitrogens with one attached hydrogen (secondary N) is 1. The van der Waals surface area contributed by atoms with Crippen LogP contribution in [0, 0.1) is 10.1 Å². The highest BCUT2D eigenvalue weighted by Gasteiger charge is 2.23. The fraction of sp³-hybridized carbons (Fsp3) is 0.227. The molecule has 0 spiro atoms. The molecule has 1 heterocycles. The molecule has 0 radical (unpaired) electrons. The van der Waals surface area contributed by atoms with Crippen LogP contribution in [0.5, 0.6) is 0 Å². The van der Waals surface area contributed by atoms with E-state index in [2.05, 4.69) is 5.32 Å². The van der Waals surface area contributed by atoms with E-state index < -0.39 is 4.92 Å². The Labute approximate surface area is 162 Å². The van der Waals surface area contributed by atoms with E-state index in [9.17, 15) is 14.9 Å². The fourth-order valence-corrected chi connectivity index (χ4v) is 3.74. The van der Waals surface area contributed by atoms with Crippen molar-refractivity contribution in [3.8, 4) is 0 Å². The molecule has 1 fully saturated rings. The zero-order valence-electron chi connectivity index (χ0n) is 15.4. The number of amides is 1. The molecule has 0 unspecified atom stereocenters. The maximum Gasteiger partial charge on any atom is 0.293 e. The third-order valence-electron chi connectivity index (χ3n) is 5.17. The van der Waals surface area contributed by atoms with Crippen molar-refractivity contribution in [2.45, 2.75) is 19.3 Å². The Hall–Kier alpha value is -3.41. The Morgan fingerprint density at radius 3 is 2.50 bits per heavy atom. The maximum absolute atomic E-state index is 12.8. The summed E-state index contributed by atoms with van der Waals surface area (Å²) in [7, 11) is 0. The minimum atomic E-state index is -0.404. The minimum absolute atomic E-state index is 0.0209. The summed E-state index contributed by atoms with van der Waals surface area (Å²) in [5.41, 5.74) is 1.53. The van der Waals surface area contributed by atoms with E-state index in [4.69, 9.17) is 0 Å². The molecule has 3 aromatic carbocycles. The van der Waals surface area contributed by atoms with Crippen LogP contribution in [-0.4, -0.2) is 23.9 Å². The van der Waals surface area contributed by atoms with E-state index >= 15 is 0 Å². The quantitative estimate of drug-likeness (QED) is 0.515. The largest absolute Gasteiger partial charge is 0.366 e. The molecule has 1 N–H and O–H groups in total. The van der Waals surface area contributed by atoms with Gasteiger partial charge >= 0.3 is 0 Å². The molecular formula is C22H21N3O3. The van der Waals surface area contributed by atoms with Crippen molar-refractivity contribution >= 4 is 33.7 Å². The normalized spacial score (nSPS) is 14.1. The standard InChI is InChI=1S/C22H21N3O3/c26-22(23-19-10-6-8-16-7-2-3-9-18(16)19)17-11-12-20(21(15-17)25(27)28)24-13-4-1-5-14-24/h2-3,6-12,15H,1,4-5,13-14H2,(H,23,26). The number of hydrogen-bond donors (Lipinski definition) is 1. The number of hydrogen-bond acceptors (Lipinski definition) is 4. The lowest BCUT2D eigenvalue weighted by atomic mass is 10.1. The van der Waals surface area contributed by atoms with Crippen molar-refractivity contribution in [2.75, 3.05) is 23.3 Å². The predicted molar refractivity (Wildman–Crippen MR) is 111 cm³/mol. The van der Waals surface area contributed by atoms with Gasteiger partial charge in [-0.3, -0.25) is 14.9 Å². The summed E-state index contributed by atoms with van der Waals surface area (Å²) in [5, 5.41) is 16.5. The summed E-state index contributed by atoms with van der Waals surface area (Å²) in [4.78, 5) is 26.0. The van der Waals surface area contributed by atoms with E-state index in [0.717, 1.165) is 43.1 Å². The van der Waals surface area contributed by atoms with Crippen LogP contribution >= 0.6 is 0 Å². The van der Waals surface area contributed by atoms with Gasteiger partial charge in [0.15, 0.2) is 0 Å². The highest BCUT2D eigenvalue weighted by molar-refractivity contribution is 6.09. The molecule has 3 aromatic rings. The molecule has 142 valence electrons. The van der Waals surface area contributed by atoms with Gasteiger partial charge in [0.1, 0.15) is 5.69 Å². The third-order valence-corrected chi connectivity index (χ3v) is 5.17. The second kappa shape index (κ2) is 7.68. The summed E-state index contributed by atoms with van der Waals surface area (Å²) >= 11 is 0. The lowest BCUT2D eigenvalue weighted by Gasteiger charge is -2.28. The van der Waals surface area contributed by atoms with Gasteiger partial charge in [0, 0.05) is 35.8 Å². The van der Waals surface area contributed by atoms with Crippen LogP contribution in [0.4, 0.5) is 17.1 Å². The number of carbonyl (C=O) groups is 1. The lowest BCUT2D eigenvalue weighted by Crippen LogP contribution is -2.30. The summed E-state index contributed by atoms with van der Waals surface area (Å²) in [5.74, 6) is -0.357. The second-order valence-corrected chi connectivity index (χ2v) is 6.99. The number of anilines is 2. The molecule has 0 bridgehead atoms. The summed E-state index contributed by atoms with van der Waals surface area (Å²) in [6.45, 7) is 1.62. The van der Waals surface area contributed by atoms with Crippen LogP contribution < -0.4 is 10.2 Å². The first-order valence-electron chi connectivity index (χ1n) is 9.46. The number of benzene rings is 3. The zero-order valence-corrected chi connectivity index (χ0v) is 15.4. The van der Waals surface area contributed by atoms with Crippen LogP contribution in [-0.2, 0) is 0 Å². The van der Waals surface area contributed by atoms with Crippen molar-refractivity contribution < 1.29 is 9.72 Å². The van der Waals surface area contributed by atoms with Crippen LogP contribution in [0.2, 0.25) is 0 Å². The van der Waals surface area contributed by atoms with Gasteiger partial charge in [-0.2, -0.15) is 0 Å². The molecule has 4 rings (SSSR count). The van der Waals surface area contributed by atoms with Crippen LogP contribution in [0.3, 0.4) is 0 Å². The highest BCUT2D eigenvalue weighted by Crippen LogP contribution is 2.32. The zero-order chi connectivity index (χ0) is 19.5. The number of nitro benzene ring substituents is 1. The van der Waals surface area contributed by atoms with Crippen LogP contribution in [0.1, 0.15) is 29.6 Å². The van der Waals surface area contributed by atoms with Gasteiger partial charge in [-0.25, -0.2) is 0 Å². The Kier molecular flexibility index (Phi) is 4.93. The van der Waals surface area contributed by atoms with Crippen molar-refractivity contribution in [3.05, 3.63) is 76.3 Å². The molecular weight excluding hydrogens is 354 g/mol. The van der Waals surface area contributed by atoms with Crippen LogP contribution in [0.25, 0.3) is 10.8 Å². The third kappa shape index (κ3) is 3.53. The topological polar surface area (TPSA) is 75.5 Å². The van der Waals surface area contributed by atoms with E-state index in [1.807, 2.05) is 47.4 Å². The predicted octanol–water partition coefficient (Wildman–Crippen LogP) is 4.99. The number of nitro groups is 1. The summed E-state index contributed by atoms with van der Waals surface area (Å²) in [6.07, 6.45) is 3.21. The van der Waals surface area contributed by atoms with E-state index in [0.29, 0.717) is 11.4 Å². The van der Waals surface area contributed by atoms with Crippen LogP contribution in [0.15, 0.2) is 60.7 Å². The Morgan fingerprint density at radius 2 is 1.71 bits per heavy atom. The van der Waals surface area contributed by atoms with Crippen molar-refractivity contribution in [2.24, 2.45) is 0 Å². The average molecular weight is 375 g/mol. The smallest absolute Gasteiger partial charge is 0.293 e. The van der Waals surface area contributed by atoms with E-state index in [1.54, 1.807) is 12.1 Å². The highest BCUT2D eigenvalue weighted by atomic mass is 16.6. The molecule has 0 aliphatic carbocycles. The van der Waals surface area contributed by atoms with Crippen molar-refractivity contribution in [3.63, 3.8) is 0 Å². The first kappa shape index (κ1) is 18.0. The molecule has 6 nitrogen and oxygen atoms in total. The number of rotatable bonds is 4. The Bertz CT molecular complexity index is 1040. The molecule has 0 atom stereocenters. The first-order chi connectivity index (χ1) is 13.6. The molecule has 1 amide bonds. The Balaban J connectivity index is 1.64. The summed E-state index contributed by atoms with van der Waals surface area (Å²) < 4.78 is 0. The average Bonchev–Trinajstić information content (AvgIpc) is 2.74. The number of piperidine rings is 1. The molecule has 6 heteroatoms. The van der Waals surface area contributed by atoms with Gasteiger partial charge in [-0.05, 0) is 42.8 Å². The van der Waals surface area contributed by atoms with Gasteiger partial charge in [-0.1, -0.05) is 36.4 Å².